The van der Waals surface area contributed by atoms with E-state index in [0.717, 1.165) is 37.1 Å². The van der Waals surface area contributed by atoms with Gasteiger partial charge >= 0.3 is 0 Å². The molecule has 1 aliphatic heterocycles. The van der Waals surface area contributed by atoms with E-state index in [1.807, 2.05) is 54.6 Å². The van der Waals surface area contributed by atoms with E-state index in [1.54, 1.807) is 0 Å². The van der Waals surface area contributed by atoms with Crippen molar-refractivity contribution in [3.05, 3.63) is 60.2 Å². The molecule has 1 heterocycles. The van der Waals surface area contributed by atoms with E-state index in [-0.39, 0.29) is 30.6 Å². The highest BCUT2D eigenvalue weighted by Gasteiger charge is 2.16. The van der Waals surface area contributed by atoms with Gasteiger partial charge in [-0.25, -0.2) is 0 Å². The molecule has 0 saturated carbocycles. The summed E-state index contributed by atoms with van der Waals surface area (Å²) in [6.45, 7) is 1.84. The number of hydrogen-bond donors (Lipinski definition) is 2. The minimum absolute atomic E-state index is 0.0107. The minimum Gasteiger partial charge on any atom is -0.352 e. The van der Waals surface area contributed by atoms with Crippen LogP contribution in [0, 0.1) is 0 Å². The second-order valence-corrected chi connectivity index (χ2v) is 6.48. The average molecular weight is 336 g/mol. The van der Waals surface area contributed by atoms with Crippen LogP contribution < -0.4 is 10.6 Å². The van der Waals surface area contributed by atoms with Crippen molar-refractivity contribution in [3.63, 3.8) is 0 Å². The quantitative estimate of drug-likeness (QED) is 0.797. The Hall–Kier alpha value is -2.46. The average Bonchev–Trinajstić information content (AvgIpc) is 2.68. The highest BCUT2D eigenvalue weighted by atomic mass is 16.2. The fourth-order valence-corrected chi connectivity index (χ4v) is 3.13. The summed E-state index contributed by atoms with van der Waals surface area (Å²) in [5.74, 6) is -0.0283. The van der Waals surface area contributed by atoms with Gasteiger partial charge in [-0.15, -0.1) is 0 Å². The third kappa shape index (κ3) is 5.00. The van der Waals surface area contributed by atoms with Crippen molar-refractivity contribution in [1.82, 2.24) is 10.6 Å². The molecule has 25 heavy (non-hydrogen) atoms. The number of amides is 1. The van der Waals surface area contributed by atoms with Gasteiger partial charge in [-0.3, -0.25) is 9.59 Å². The lowest BCUT2D eigenvalue weighted by molar-refractivity contribution is -0.121. The van der Waals surface area contributed by atoms with Crippen LogP contribution in [-0.4, -0.2) is 30.8 Å². The van der Waals surface area contributed by atoms with Crippen LogP contribution in [0.3, 0.4) is 0 Å². The van der Waals surface area contributed by atoms with Gasteiger partial charge in [-0.2, -0.15) is 0 Å². The Morgan fingerprint density at radius 2 is 1.68 bits per heavy atom. The van der Waals surface area contributed by atoms with Gasteiger partial charge < -0.3 is 10.6 Å². The molecular weight excluding hydrogens is 312 g/mol. The van der Waals surface area contributed by atoms with Crippen LogP contribution in [0.4, 0.5) is 0 Å². The van der Waals surface area contributed by atoms with Crippen LogP contribution in [-0.2, 0) is 4.79 Å². The Bertz CT molecular complexity index is 704. The highest BCUT2D eigenvalue weighted by molar-refractivity contribution is 5.98. The maximum absolute atomic E-state index is 12.3. The SMILES string of the molecule is O=C(CCC(=O)c1ccc(-c2ccccc2)cc1)NC1CCCNC1. The molecule has 0 aliphatic carbocycles. The summed E-state index contributed by atoms with van der Waals surface area (Å²) in [5, 5.41) is 6.27. The summed E-state index contributed by atoms with van der Waals surface area (Å²) in [6, 6.07) is 17.8. The van der Waals surface area contributed by atoms with Crippen molar-refractivity contribution >= 4 is 11.7 Å². The monoisotopic (exact) mass is 336 g/mol. The third-order valence-corrected chi connectivity index (χ3v) is 4.56. The molecule has 1 unspecified atom stereocenters. The molecule has 0 radical (unpaired) electrons. The first-order chi connectivity index (χ1) is 12.2. The number of nitrogens with one attached hydrogen (secondary N) is 2. The molecule has 0 aromatic heterocycles. The normalized spacial score (nSPS) is 17.0. The van der Waals surface area contributed by atoms with Gasteiger partial charge in [0.15, 0.2) is 5.78 Å². The van der Waals surface area contributed by atoms with E-state index in [4.69, 9.17) is 0 Å². The van der Waals surface area contributed by atoms with Crippen molar-refractivity contribution in [2.45, 2.75) is 31.7 Å². The summed E-state index contributed by atoms with van der Waals surface area (Å²) in [6.07, 6.45) is 2.58. The van der Waals surface area contributed by atoms with Gasteiger partial charge in [-0.1, -0.05) is 54.6 Å². The van der Waals surface area contributed by atoms with Crippen molar-refractivity contribution < 1.29 is 9.59 Å². The van der Waals surface area contributed by atoms with E-state index in [0.29, 0.717) is 5.56 Å². The first kappa shape index (κ1) is 17.4. The molecular formula is C21H24N2O2. The van der Waals surface area contributed by atoms with Crippen molar-refractivity contribution in [3.8, 4) is 11.1 Å². The zero-order chi connectivity index (χ0) is 17.5. The molecule has 4 nitrogen and oxygen atoms in total. The van der Waals surface area contributed by atoms with Gasteiger partial charge in [0.05, 0.1) is 0 Å². The zero-order valence-electron chi connectivity index (χ0n) is 14.3. The molecule has 1 fully saturated rings. The molecule has 2 aromatic carbocycles. The van der Waals surface area contributed by atoms with E-state index >= 15 is 0 Å². The molecule has 1 saturated heterocycles. The number of carbonyl (C=O) groups is 2. The van der Waals surface area contributed by atoms with E-state index < -0.39 is 0 Å². The van der Waals surface area contributed by atoms with Gasteiger partial charge in [0.25, 0.3) is 0 Å². The predicted molar refractivity (Wildman–Crippen MR) is 99.5 cm³/mol. The molecule has 2 aromatic rings. The van der Waals surface area contributed by atoms with Crippen LogP contribution >= 0.6 is 0 Å². The number of benzene rings is 2. The number of hydrogen-bond acceptors (Lipinski definition) is 3. The highest BCUT2D eigenvalue weighted by Crippen LogP contribution is 2.20. The number of piperidine rings is 1. The first-order valence-corrected chi connectivity index (χ1v) is 8.91. The summed E-state index contributed by atoms with van der Waals surface area (Å²) < 4.78 is 0. The summed E-state index contributed by atoms with van der Waals surface area (Å²) >= 11 is 0. The maximum atomic E-state index is 12.3. The van der Waals surface area contributed by atoms with Gasteiger partial charge in [0.1, 0.15) is 0 Å². The molecule has 1 amide bonds. The van der Waals surface area contributed by atoms with Crippen molar-refractivity contribution in [1.29, 1.82) is 0 Å². The fourth-order valence-electron chi connectivity index (χ4n) is 3.13. The second-order valence-electron chi connectivity index (χ2n) is 6.48. The lowest BCUT2D eigenvalue weighted by atomic mass is 10.0. The van der Waals surface area contributed by atoms with Gasteiger partial charge in [0, 0.05) is 31.0 Å². The molecule has 0 spiro atoms. The Morgan fingerprint density at radius 1 is 0.960 bits per heavy atom. The smallest absolute Gasteiger partial charge is 0.220 e. The number of rotatable bonds is 6. The number of ketones is 1. The second kappa shape index (κ2) is 8.58. The zero-order valence-corrected chi connectivity index (χ0v) is 14.3. The predicted octanol–water partition coefficient (Wildman–Crippen LogP) is 3.18. The van der Waals surface area contributed by atoms with Crippen LogP contribution in [0.25, 0.3) is 11.1 Å². The van der Waals surface area contributed by atoms with Crippen LogP contribution in [0.2, 0.25) is 0 Å². The summed E-state index contributed by atoms with van der Waals surface area (Å²) in [5.41, 5.74) is 2.87. The maximum Gasteiger partial charge on any atom is 0.220 e. The molecule has 130 valence electrons. The van der Waals surface area contributed by atoms with Crippen LogP contribution in [0.5, 0.6) is 0 Å². The molecule has 3 rings (SSSR count). The van der Waals surface area contributed by atoms with Gasteiger partial charge in [0.2, 0.25) is 5.91 Å². The lowest BCUT2D eigenvalue weighted by Gasteiger charge is -2.23. The summed E-state index contributed by atoms with van der Waals surface area (Å²) in [7, 11) is 0. The van der Waals surface area contributed by atoms with E-state index in [9.17, 15) is 9.59 Å². The molecule has 2 N–H and O–H groups in total. The number of carbonyl (C=O) groups excluding carboxylic acids is 2. The largest absolute Gasteiger partial charge is 0.352 e. The number of Topliss-reactive ketones (excluding diaryl/α,β-unsaturated/α-hetero) is 1. The topological polar surface area (TPSA) is 58.2 Å². The summed E-state index contributed by atoms with van der Waals surface area (Å²) in [4.78, 5) is 24.3. The van der Waals surface area contributed by atoms with Crippen molar-refractivity contribution in [2.75, 3.05) is 13.1 Å². The van der Waals surface area contributed by atoms with Gasteiger partial charge in [-0.05, 0) is 30.5 Å². The lowest BCUT2D eigenvalue weighted by Crippen LogP contribution is -2.45. The van der Waals surface area contributed by atoms with Crippen molar-refractivity contribution in [2.24, 2.45) is 0 Å². The van der Waals surface area contributed by atoms with Crippen LogP contribution in [0.1, 0.15) is 36.0 Å². The molecule has 0 bridgehead atoms. The van der Waals surface area contributed by atoms with E-state index in [2.05, 4.69) is 10.6 Å². The first-order valence-electron chi connectivity index (χ1n) is 8.91. The Morgan fingerprint density at radius 3 is 2.36 bits per heavy atom. The molecule has 1 aliphatic rings. The van der Waals surface area contributed by atoms with E-state index in [1.165, 1.54) is 0 Å². The Balaban J connectivity index is 1.50. The standard InChI is InChI=1S/C21H24N2O2/c24-20(12-13-21(25)23-19-7-4-14-22-15-19)18-10-8-17(9-11-18)16-5-2-1-3-6-16/h1-3,5-6,8-11,19,22H,4,7,12-15H2,(H,23,25). The Kier molecular flexibility index (Phi) is 5.96. The minimum atomic E-state index is -0.0389. The Labute approximate surface area is 148 Å². The van der Waals surface area contributed by atoms with Crippen LogP contribution in [0.15, 0.2) is 54.6 Å². The molecule has 1 atom stereocenters. The fraction of sp³-hybridized carbons (Fsp3) is 0.333. The third-order valence-electron chi connectivity index (χ3n) is 4.56. The molecule has 4 heteroatoms.